The number of likely N-dealkylation sites (tertiary alicyclic amines) is 1. The smallest absolute Gasteiger partial charge is 0.227 e. The summed E-state index contributed by atoms with van der Waals surface area (Å²) in [6.07, 6.45) is 6.24. The number of amides is 1. The molecule has 3 rings (SSSR count). The fraction of sp³-hybridized carbons (Fsp3) is 0.789. The van der Waals surface area contributed by atoms with Crippen molar-refractivity contribution in [1.29, 1.82) is 0 Å². The molecule has 2 atom stereocenters. The van der Waals surface area contributed by atoms with Crippen LogP contribution in [-0.4, -0.2) is 71.3 Å². The van der Waals surface area contributed by atoms with Gasteiger partial charge >= 0.3 is 0 Å². The van der Waals surface area contributed by atoms with Crippen molar-refractivity contribution in [2.24, 2.45) is 18.9 Å². The van der Waals surface area contributed by atoms with Gasteiger partial charge in [-0.05, 0) is 37.4 Å². The van der Waals surface area contributed by atoms with E-state index < -0.39 is 0 Å². The van der Waals surface area contributed by atoms with Crippen LogP contribution in [0.1, 0.15) is 38.2 Å². The first-order valence-corrected chi connectivity index (χ1v) is 9.82. The monoisotopic (exact) mass is 347 g/mol. The van der Waals surface area contributed by atoms with Gasteiger partial charge in [0.05, 0.1) is 12.1 Å². The van der Waals surface area contributed by atoms with Crippen molar-refractivity contribution >= 4 is 5.91 Å². The van der Waals surface area contributed by atoms with Gasteiger partial charge in [0.1, 0.15) is 0 Å². The van der Waals surface area contributed by atoms with E-state index in [-0.39, 0.29) is 11.8 Å². The van der Waals surface area contributed by atoms with Crippen molar-refractivity contribution in [3.63, 3.8) is 0 Å². The minimum absolute atomic E-state index is 0.0588. The van der Waals surface area contributed by atoms with Crippen molar-refractivity contribution in [2.45, 2.75) is 32.6 Å². The number of hydrogen-bond donors (Lipinski definition) is 1. The highest BCUT2D eigenvalue weighted by molar-refractivity contribution is 5.80. The Morgan fingerprint density at radius 3 is 2.60 bits per heavy atom. The van der Waals surface area contributed by atoms with Crippen LogP contribution < -0.4 is 5.32 Å². The first-order valence-electron chi connectivity index (χ1n) is 9.82. The first-order chi connectivity index (χ1) is 12.1. The second-order valence-electron chi connectivity index (χ2n) is 7.57. The molecule has 1 N–H and O–H groups in total. The number of carbonyl (C=O) groups excluding carboxylic acids is 1. The lowest BCUT2D eigenvalue weighted by molar-refractivity contribution is -0.136. The highest BCUT2D eigenvalue weighted by atomic mass is 16.2. The predicted molar refractivity (Wildman–Crippen MR) is 99.4 cm³/mol. The van der Waals surface area contributed by atoms with Gasteiger partial charge in [0, 0.05) is 51.9 Å². The van der Waals surface area contributed by atoms with Crippen LogP contribution in [0.3, 0.4) is 0 Å². The number of nitrogens with zero attached hydrogens (tertiary/aromatic N) is 4. The second-order valence-corrected chi connectivity index (χ2v) is 7.57. The number of carbonyl (C=O) groups is 1. The minimum Gasteiger partial charge on any atom is -0.342 e. The third kappa shape index (κ3) is 4.23. The largest absolute Gasteiger partial charge is 0.342 e. The average Bonchev–Trinajstić information content (AvgIpc) is 3.28. The van der Waals surface area contributed by atoms with Crippen molar-refractivity contribution < 1.29 is 4.79 Å². The van der Waals surface area contributed by atoms with Crippen LogP contribution in [0.25, 0.3) is 0 Å². The Labute approximate surface area is 151 Å². The summed E-state index contributed by atoms with van der Waals surface area (Å²) in [6.45, 7) is 11.4. The fourth-order valence-corrected chi connectivity index (χ4v) is 4.34. The van der Waals surface area contributed by atoms with Crippen molar-refractivity contribution in [2.75, 3.05) is 45.8 Å². The summed E-state index contributed by atoms with van der Waals surface area (Å²) in [5.74, 6) is 1.39. The van der Waals surface area contributed by atoms with Crippen LogP contribution >= 0.6 is 0 Å². The summed E-state index contributed by atoms with van der Waals surface area (Å²) in [4.78, 5) is 17.7. The van der Waals surface area contributed by atoms with E-state index in [1.807, 2.05) is 24.1 Å². The molecule has 0 bridgehead atoms. The molecule has 25 heavy (non-hydrogen) atoms. The summed E-state index contributed by atoms with van der Waals surface area (Å²) in [6, 6.07) is 0. The molecule has 0 unspecified atom stereocenters. The van der Waals surface area contributed by atoms with E-state index in [0.717, 1.165) is 58.0 Å². The summed E-state index contributed by atoms with van der Waals surface area (Å²) in [7, 11) is 1.93. The predicted octanol–water partition coefficient (Wildman–Crippen LogP) is 1.30. The molecular weight excluding hydrogens is 314 g/mol. The molecule has 2 saturated heterocycles. The third-order valence-electron chi connectivity index (χ3n) is 6.02. The molecule has 2 fully saturated rings. The number of rotatable bonds is 6. The summed E-state index contributed by atoms with van der Waals surface area (Å²) >= 11 is 0. The van der Waals surface area contributed by atoms with Crippen LogP contribution in [0.15, 0.2) is 12.4 Å². The standard InChI is InChI=1S/C19H33N5O/c1-4-23(5-2)13-15-6-8-24(9-7-15)19(25)18-12-20-11-17(18)16-10-21-22(3)14-16/h10,14-15,17-18,20H,4-9,11-13H2,1-3H3/t17-,18+/m1/s1. The molecule has 2 aliphatic rings. The van der Waals surface area contributed by atoms with E-state index in [2.05, 4.69) is 34.1 Å². The zero-order valence-electron chi connectivity index (χ0n) is 15.9. The van der Waals surface area contributed by atoms with Gasteiger partial charge in [0.2, 0.25) is 5.91 Å². The number of hydrogen-bond acceptors (Lipinski definition) is 4. The minimum atomic E-state index is 0.0588. The molecule has 1 aromatic rings. The van der Waals surface area contributed by atoms with E-state index in [4.69, 9.17) is 0 Å². The number of nitrogens with one attached hydrogen (secondary N) is 1. The van der Waals surface area contributed by atoms with Crippen LogP contribution in [0.5, 0.6) is 0 Å². The number of aromatic nitrogens is 2. The van der Waals surface area contributed by atoms with Crippen molar-refractivity contribution in [3.05, 3.63) is 18.0 Å². The highest BCUT2D eigenvalue weighted by Gasteiger charge is 2.38. The Morgan fingerprint density at radius 2 is 2.00 bits per heavy atom. The molecule has 140 valence electrons. The Hall–Kier alpha value is -1.40. The molecule has 6 nitrogen and oxygen atoms in total. The molecule has 6 heteroatoms. The second kappa shape index (κ2) is 8.32. The van der Waals surface area contributed by atoms with Crippen LogP contribution in [0.2, 0.25) is 0 Å². The molecule has 1 aromatic heterocycles. The maximum absolute atomic E-state index is 13.1. The van der Waals surface area contributed by atoms with Gasteiger partial charge < -0.3 is 15.1 Å². The van der Waals surface area contributed by atoms with Crippen LogP contribution in [0.4, 0.5) is 0 Å². The Bertz CT molecular complexity index is 560. The maximum Gasteiger partial charge on any atom is 0.227 e. The number of piperidine rings is 1. The van der Waals surface area contributed by atoms with Crippen LogP contribution in [0, 0.1) is 11.8 Å². The summed E-state index contributed by atoms with van der Waals surface area (Å²) < 4.78 is 1.83. The zero-order valence-corrected chi connectivity index (χ0v) is 15.9. The number of aryl methyl sites for hydroxylation is 1. The van der Waals surface area contributed by atoms with E-state index in [9.17, 15) is 4.79 Å². The molecule has 0 aliphatic carbocycles. The van der Waals surface area contributed by atoms with Gasteiger partial charge in [-0.1, -0.05) is 13.8 Å². The molecule has 2 aliphatic heterocycles. The van der Waals surface area contributed by atoms with Gasteiger partial charge in [0.25, 0.3) is 0 Å². The summed E-state index contributed by atoms with van der Waals surface area (Å²) in [5, 5.41) is 7.69. The third-order valence-corrected chi connectivity index (χ3v) is 6.02. The Balaban J connectivity index is 1.55. The molecule has 1 amide bonds. The molecule has 3 heterocycles. The van der Waals surface area contributed by atoms with Gasteiger partial charge in [-0.15, -0.1) is 0 Å². The van der Waals surface area contributed by atoms with Crippen molar-refractivity contribution in [3.8, 4) is 0 Å². The molecule has 0 aromatic carbocycles. The lowest BCUT2D eigenvalue weighted by atomic mass is 9.88. The van der Waals surface area contributed by atoms with E-state index in [1.165, 1.54) is 12.1 Å². The molecule has 0 saturated carbocycles. The SMILES string of the molecule is CCN(CC)CC1CCN(C(=O)[C@H]2CNC[C@@H]2c2cnn(C)c2)CC1. The van der Waals surface area contributed by atoms with Gasteiger partial charge in [-0.25, -0.2) is 0 Å². The van der Waals surface area contributed by atoms with E-state index in [0.29, 0.717) is 5.91 Å². The van der Waals surface area contributed by atoms with Gasteiger partial charge in [-0.3, -0.25) is 9.48 Å². The van der Waals surface area contributed by atoms with E-state index in [1.54, 1.807) is 0 Å². The quantitative estimate of drug-likeness (QED) is 0.843. The van der Waals surface area contributed by atoms with Gasteiger partial charge in [0.15, 0.2) is 0 Å². The maximum atomic E-state index is 13.1. The molecule has 0 spiro atoms. The Morgan fingerprint density at radius 1 is 1.28 bits per heavy atom. The summed E-state index contributed by atoms with van der Waals surface area (Å²) in [5.41, 5.74) is 1.18. The van der Waals surface area contributed by atoms with E-state index >= 15 is 0 Å². The molecular formula is C19H33N5O. The normalized spacial score (nSPS) is 25.0. The zero-order chi connectivity index (χ0) is 17.8. The van der Waals surface area contributed by atoms with Crippen molar-refractivity contribution in [1.82, 2.24) is 24.9 Å². The molecule has 0 radical (unpaired) electrons. The lowest BCUT2D eigenvalue weighted by Crippen LogP contribution is -2.45. The topological polar surface area (TPSA) is 53.4 Å². The lowest BCUT2D eigenvalue weighted by Gasteiger charge is -2.36. The highest BCUT2D eigenvalue weighted by Crippen LogP contribution is 2.30. The average molecular weight is 348 g/mol. The first kappa shape index (κ1) is 18.4. The van der Waals surface area contributed by atoms with Gasteiger partial charge in [-0.2, -0.15) is 5.10 Å². The van der Waals surface area contributed by atoms with Crippen LogP contribution in [-0.2, 0) is 11.8 Å². The fourth-order valence-electron chi connectivity index (χ4n) is 4.34. The Kier molecular flexibility index (Phi) is 6.12.